The molecular formula is CH6NNiP2-. The molecule has 0 N–H and O–H groups in total. The molecule has 0 aliphatic rings. The molecule has 0 rings (SSSR count). The summed E-state index contributed by atoms with van der Waals surface area (Å²) in [6.45, 7) is 4.75. The first-order chi connectivity index (χ1) is 1.00. The van der Waals surface area contributed by atoms with Crippen molar-refractivity contribution in [3.8, 4) is 0 Å². The maximum Gasteiger partial charge on any atom is 0 e. The molecule has 1 nitrogen and oxygen atoms in total. The van der Waals surface area contributed by atoms with Gasteiger partial charge in [-0.15, -0.1) is 0 Å². The van der Waals surface area contributed by atoms with Gasteiger partial charge in [0.2, 0.25) is 0 Å². The first-order valence-electron chi connectivity index (χ1n) is 0.224. The van der Waals surface area contributed by atoms with Crippen LogP contribution in [0.2, 0.25) is 0 Å². The van der Waals surface area contributed by atoms with Crippen LogP contribution < -0.4 is 0 Å². The fourth-order valence-corrected chi connectivity index (χ4v) is 0. The van der Waals surface area contributed by atoms with Crippen molar-refractivity contribution in [3.05, 3.63) is 6.57 Å². The maximum absolute atomic E-state index is 6.25. The van der Waals surface area contributed by atoms with E-state index in [2.05, 4.69) is 0 Å². The van der Waals surface area contributed by atoms with Gasteiger partial charge in [0.25, 0.3) is 0 Å². The average molecular weight is 153 g/mol. The van der Waals surface area contributed by atoms with Gasteiger partial charge in [0.1, 0.15) is 0 Å². The van der Waals surface area contributed by atoms with Crippen LogP contribution in [0.15, 0.2) is 0 Å². The molecule has 36 valence electrons. The van der Waals surface area contributed by atoms with Crippen molar-refractivity contribution in [1.82, 2.24) is 0 Å². The van der Waals surface area contributed by atoms with Gasteiger partial charge in [-0.05, 0) is 0 Å². The molecule has 2 atom stereocenters. The molecule has 2 unspecified atom stereocenters. The van der Waals surface area contributed by atoms with E-state index in [-0.39, 0.29) is 36.3 Å². The molecule has 0 saturated heterocycles. The minimum Gasteiger partial charge on any atom is -0.512 e. The fourth-order valence-electron chi connectivity index (χ4n) is 0. The molecule has 0 aromatic carbocycles. The van der Waals surface area contributed by atoms with Gasteiger partial charge in [-0.3, -0.25) is 0 Å². The summed E-state index contributed by atoms with van der Waals surface area (Å²) in [5, 5.41) is 6.25. The molecule has 0 heterocycles. The van der Waals surface area contributed by atoms with Crippen LogP contribution in [0.5, 0.6) is 0 Å². The van der Waals surface area contributed by atoms with Crippen molar-refractivity contribution in [1.29, 1.82) is 5.26 Å². The summed E-state index contributed by atoms with van der Waals surface area (Å²) in [6, 6.07) is 0. The van der Waals surface area contributed by atoms with Crippen molar-refractivity contribution in [3.63, 3.8) is 0 Å². The van der Waals surface area contributed by atoms with Crippen LogP contribution in [0, 0.1) is 11.8 Å². The Balaban J connectivity index is -0.00000000167. The Morgan fingerprint density at radius 1 is 1.00 bits per heavy atom. The zero-order valence-electron chi connectivity index (χ0n) is 2.68. The molecule has 4 heteroatoms. The molecule has 0 aliphatic carbocycles. The molecule has 0 spiro atoms. The third-order valence-corrected chi connectivity index (χ3v) is 0. The second-order valence-corrected chi connectivity index (χ2v) is 0. The second-order valence-electron chi connectivity index (χ2n) is 0. The number of hydrogen-bond donors (Lipinski definition) is 0. The molecule has 0 aliphatic heterocycles. The molecular weight excluding hydrogens is 147 g/mol. The Morgan fingerprint density at radius 3 is 1.00 bits per heavy atom. The van der Waals surface area contributed by atoms with E-state index in [9.17, 15) is 0 Å². The molecule has 0 saturated carbocycles. The summed E-state index contributed by atoms with van der Waals surface area (Å²) < 4.78 is 0. The zero-order chi connectivity index (χ0) is 2.00. The summed E-state index contributed by atoms with van der Waals surface area (Å²) in [6.07, 6.45) is 0. The van der Waals surface area contributed by atoms with E-state index in [0.717, 1.165) is 0 Å². The van der Waals surface area contributed by atoms with E-state index in [4.69, 9.17) is 11.8 Å². The van der Waals surface area contributed by atoms with Crippen molar-refractivity contribution >= 4 is 19.8 Å². The van der Waals surface area contributed by atoms with Crippen LogP contribution in [-0.4, -0.2) is 0 Å². The average Bonchev–Trinajstić information content (AvgIpc) is 1.00. The SMILES string of the molecule is P.P.[C-]#N.[Ni]. The molecule has 5 heavy (non-hydrogen) atoms. The molecule has 0 amide bonds. The van der Waals surface area contributed by atoms with Crippen LogP contribution in [0.1, 0.15) is 0 Å². The third kappa shape index (κ3) is 55.0. The van der Waals surface area contributed by atoms with Gasteiger partial charge in [-0.25, -0.2) is 0 Å². The summed E-state index contributed by atoms with van der Waals surface area (Å²) in [5.74, 6) is 0. The first kappa shape index (κ1) is 40.3. The van der Waals surface area contributed by atoms with Crippen LogP contribution in [0.3, 0.4) is 0 Å². The van der Waals surface area contributed by atoms with E-state index >= 15 is 0 Å². The van der Waals surface area contributed by atoms with Crippen LogP contribution in [0.4, 0.5) is 0 Å². The van der Waals surface area contributed by atoms with Crippen molar-refractivity contribution in [2.24, 2.45) is 0 Å². The van der Waals surface area contributed by atoms with Gasteiger partial charge in [0.05, 0.1) is 0 Å². The Bertz CT molecular complexity index is 14.4. The Hall–Kier alpha value is 0.844. The van der Waals surface area contributed by atoms with Gasteiger partial charge in [0.15, 0.2) is 0 Å². The van der Waals surface area contributed by atoms with Gasteiger partial charge in [-0.1, -0.05) is 0 Å². The topological polar surface area (TPSA) is 23.8 Å². The Labute approximate surface area is 48.7 Å². The van der Waals surface area contributed by atoms with Gasteiger partial charge in [-0.2, -0.15) is 19.8 Å². The second kappa shape index (κ2) is 101. The molecule has 0 aromatic rings. The normalized spacial score (nSPS) is 0.400. The van der Waals surface area contributed by atoms with E-state index in [0.29, 0.717) is 0 Å². The van der Waals surface area contributed by atoms with Crippen LogP contribution >= 0.6 is 19.8 Å². The minimum absolute atomic E-state index is 0. The summed E-state index contributed by atoms with van der Waals surface area (Å²) in [5.41, 5.74) is 0. The number of hydrogen-bond acceptors (Lipinski definition) is 1. The zero-order valence-corrected chi connectivity index (χ0v) is 6.49. The summed E-state index contributed by atoms with van der Waals surface area (Å²) in [7, 11) is 0. The number of rotatable bonds is 0. The van der Waals surface area contributed by atoms with Crippen LogP contribution in [0.25, 0.3) is 0 Å². The smallest absolute Gasteiger partial charge is 0 e. The molecule has 0 fully saturated rings. The summed E-state index contributed by atoms with van der Waals surface area (Å²) >= 11 is 0. The third-order valence-electron chi connectivity index (χ3n) is 0. The monoisotopic (exact) mass is 152 g/mol. The molecule has 0 aromatic heterocycles. The fraction of sp³-hybridized carbons (Fsp3) is 0. The Morgan fingerprint density at radius 2 is 1.00 bits per heavy atom. The Kier molecular flexibility index (Phi) is 811. The number of nitrogens with zero attached hydrogens (tertiary/aromatic N) is 1. The minimum atomic E-state index is 0. The predicted octanol–water partition coefficient (Wildman–Crippen LogP) is 0.210. The van der Waals surface area contributed by atoms with Gasteiger partial charge in [0, 0.05) is 16.5 Å². The van der Waals surface area contributed by atoms with Gasteiger partial charge >= 0.3 is 0 Å². The quantitative estimate of drug-likeness (QED) is 0.277. The van der Waals surface area contributed by atoms with Crippen molar-refractivity contribution in [2.75, 3.05) is 0 Å². The van der Waals surface area contributed by atoms with Crippen LogP contribution in [-0.2, 0) is 16.5 Å². The first-order valence-corrected chi connectivity index (χ1v) is 0.224. The van der Waals surface area contributed by atoms with Crippen molar-refractivity contribution < 1.29 is 16.5 Å². The van der Waals surface area contributed by atoms with E-state index in [1.165, 1.54) is 0 Å². The van der Waals surface area contributed by atoms with Crippen molar-refractivity contribution in [2.45, 2.75) is 0 Å². The maximum atomic E-state index is 6.25. The van der Waals surface area contributed by atoms with E-state index in [1.807, 2.05) is 0 Å². The summed E-state index contributed by atoms with van der Waals surface area (Å²) in [4.78, 5) is 0. The largest absolute Gasteiger partial charge is 0.512 e. The van der Waals surface area contributed by atoms with E-state index < -0.39 is 0 Å². The molecule has 0 bridgehead atoms. The molecule has 0 radical (unpaired) electrons. The van der Waals surface area contributed by atoms with E-state index in [1.54, 1.807) is 0 Å². The predicted molar refractivity (Wildman–Crippen MR) is 27.2 cm³/mol. The standard InChI is InChI=1S/CN.Ni.2H3P/c1-2;;;/h;;2*1H3/q-1;;;. The van der Waals surface area contributed by atoms with Gasteiger partial charge < -0.3 is 11.8 Å².